The summed E-state index contributed by atoms with van der Waals surface area (Å²) < 4.78 is 13.6. The van der Waals surface area contributed by atoms with Crippen molar-refractivity contribution in [3.63, 3.8) is 0 Å². The Hall–Kier alpha value is -3.20. The lowest BCUT2D eigenvalue weighted by molar-refractivity contribution is -0.146. The van der Waals surface area contributed by atoms with E-state index in [2.05, 4.69) is 20.5 Å². The van der Waals surface area contributed by atoms with Crippen molar-refractivity contribution >= 4 is 45.8 Å². The van der Waals surface area contributed by atoms with E-state index in [1.165, 1.54) is 29.4 Å². The van der Waals surface area contributed by atoms with Gasteiger partial charge in [-0.1, -0.05) is 24.6 Å². The van der Waals surface area contributed by atoms with Crippen molar-refractivity contribution in [3.8, 4) is 0 Å². The van der Waals surface area contributed by atoms with Gasteiger partial charge in [0.25, 0.3) is 0 Å². The molecule has 4 N–H and O–H groups in total. The number of fused-ring (bicyclic) bond motifs is 1. The average molecular weight is 431 g/mol. The van der Waals surface area contributed by atoms with E-state index in [1.807, 2.05) is 6.92 Å². The molecular weight excluding hydrogens is 411 g/mol. The minimum Gasteiger partial charge on any atom is -0.383 e. The molecule has 0 bridgehead atoms. The van der Waals surface area contributed by atoms with Gasteiger partial charge in [-0.2, -0.15) is 5.10 Å². The fraction of sp³-hybridized carbons (Fsp3) is 0.300. The van der Waals surface area contributed by atoms with E-state index in [4.69, 9.17) is 17.3 Å². The highest BCUT2D eigenvalue weighted by molar-refractivity contribution is 6.40. The number of nitrogens with two attached hydrogens (primary N) is 1. The summed E-state index contributed by atoms with van der Waals surface area (Å²) in [5.41, 5.74) is 7.29. The van der Waals surface area contributed by atoms with Crippen LogP contribution in [0.3, 0.4) is 0 Å². The van der Waals surface area contributed by atoms with E-state index in [0.29, 0.717) is 35.1 Å². The first-order chi connectivity index (χ1) is 14.3. The molecule has 1 saturated heterocycles. The normalized spacial score (nSPS) is 19.1. The number of benzene rings is 1. The van der Waals surface area contributed by atoms with Gasteiger partial charge >= 0.3 is 11.8 Å². The Morgan fingerprint density at radius 1 is 1.33 bits per heavy atom. The molecule has 1 aliphatic heterocycles. The van der Waals surface area contributed by atoms with Gasteiger partial charge in [-0.3, -0.25) is 14.7 Å². The number of hydrogen-bond donors (Lipinski definition) is 3. The molecular formula is C20H20ClFN6O2. The first-order valence-electron chi connectivity index (χ1n) is 9.49. The molecule has 3 heterocycles. The van der Waals surface area contributed by atoms with Crippen molar-refractivity contribution < 1.29 is 14.0 Å². The number of amides is 2. The Morgan fingerprint density at radius 2 is 2.13 bits per heavy atom. The molecule has 0 saturated carbocycles. The first-order valence-corrected chi connectivity index (χ1v) is 9.87. The second-order valence-corrected chi connectivity index (χ2v) is 7.91. The quantitative estimate of drug-likeness (QED) is 0.539. The molecule has 30 heavy (non-hydrogen) atoms. The highest BCUT2D eigenvalue weighted by atomic mass is 35.5. The van der Waals surface area contributed by atoms with Gasteiger partial charge < -0.3 is 16.0 Å². The number of aromatic amines is 1. The molecule has 2 atom stereocenters. The molecule has 2 aromatic heterocycles. The monoisotopic (exact) mass is 430 g/mol. The third-order valence-corrected chi connectivity index (χ3v) is 5.66. The van der Waals surface area contributed by atoms with E-state index in [-0.39, 0.29) is 22.8 Å². The van der Waals surface area contributed by atoms with Crippen LogP contribution in [-0.2, 0) is 9.59 Å². The van der Waals surface area contributed by atoms with Gasteiger partial charge in [-0.25, -0.2) is 9.37 Å². The van der Waals surface area contributed by atoms with Crippen LogP contribution in [-0.4, -0.2) is 38.4 Å². The number of pyridine rings is 1. The van der Waals surface area contributed by atoms with E-state index in [1.54, 1.807) is 6.07 Å². The van der Waals surface area contributed by atoms with Gasteiger partial charge in [-0.05, 0) is 36.5 Å². The molecule has 10 heteroatoms. The molecule has 0 spiro atoms. The van der Waals surface area contributed by atoms with Gasteiger partial charge in [0.05, 0.1) is 40.0 Å². The van der Waals surface area contributed by atoms with Crippen molar-refractivity contribution in [1.82, 2.24) is 20.1 Å². The van der Waals surface area contributed by atoms with Crippen LogP contribution in [0.25, 0.3) is 10.9 Å². The molecule has 0 radical (unpaired) electrons. The third kappa shape index (κ3) is 3.68. The SMILES string of the molecule is CC1CCC(c2ccc(F)c(Cl)c2)N(C(=O)C(=O)Nc2cnc(N)c3cn[nH]c23)C1. The zero-order chi connectivity index (χ0) is 21.4. The number of hydrogen-bond acceptors (Lipinski definition) is 5. The summed E-state index contributed by atoms with van der Waals surface area (Å²) in [6.07, 6.45) is 4.39. The molecule has 0 aliphatic carbocycles. The van der Waals surface area contributed by atoms with Gasteiger partial charge in [-0.15, -0.1) is 0 Å². The van der Waals surface area contributed by atoms with Crippen molar-refractivity contribution in [1.29, 1.82) is 0 Å². The standard InChI is InChI=1S/C20H20ClFN6O2/c1-10-2-5-16(11-3-4-14(22)13(21)6-11)28(9-10)20(30)19(29)26-15-8-24-18(23)12-7-25-27-17(12)15/h3-4,6-8,10,16H,2,5,9H2,1H3,(H2,23,24)(H,25,27)(H,26,29). The zero-order valence-corrected chi connectivity index (χ0v) is 16.9. The van der Waals surface area contributed by atoms with E-state index >= 15 is 0 Å². The lowest BCUT2D eigenvalue weighted by Gasteiger charge is -2.38. The van der Waals surface area contributed by atoms with Crippen LogP contribution in [0.4, 0.5) is 15.9 Å². The molecule has 2 amide bonds. The summed E-state index contributed by atoms with van der Waals surface area (Å²) in [6, 6.07) is 4.01. The van der Waals surface area contributed by atoms with E-state index in [0.717, 1.165) is 6.42 Å². The fourth-order valence-corrected chi connectivity index (χ4v) is 3.99. The smallest absolute Gasteiger partial charge is 0.314 e. The van der Waals surface area contributed by atoms with E-state index < -0.39 is 17.6 Å². The zero-order valence-electron chi connectivity index (χ0n) is 16.2. The fourth-order valence-electron chi connectivity index (χ4n) is 3.80. The summed E-state index contributed by atoms with van der Waals surface area (Å²) in [5.74, 6) is -1.52. The van der Waals surface area contributed by atoms with Crippen molar-refractivity contribution in [2.75, 3.05) is 17.6 Å². The summed E-state index contributed by atoms with van der Waals surface area (Å²) in [4.78, 5) is 31.4. The van der Waals surface area contributed by atoms with Crippen LogP contribution in [0.2, 0.25) is 5.02 Å². The number of anilines is 2. The summed E-state index contributed by atoms with van der Waals surface area (Å²) in [7, 11) is 0. The number of nitrogens with zero attached hydrogens (tertiary/aromatic N) is 3. The number of nitrogens with one attached hydrogen (secondary N) is 2. The highest BCUT2D eigenvalue weighted by Gasteiger charge is 2.34. The predicted molar refractivity (Wildman–Crippen MR) is 111 cm³/mol. The van der Waals surface area contributed by atoms with E-state index in [9.17, 15) is 14.0 Å². The number of aromatic nitrogens is 3. The molecule has 2 unspecified atom stereocenters. The summed E-state index contributed by atoms with van der Waals surface area (Å²) in [5, 5.41) is 9.78. The maximum absolute atomic E-state index is 13.6. The van der Waals surface area contributed by atoms with Crippen LogP contribution in [0.1, 0.15) is 31.4 Å². The Balaban J connectivity index is 1.60. The Kier molecular flexibility index (Phi) is 5.29. The van der Waals surface area contributed by atoms with Crippen LogP contribution in [0.5, 0.6) is 0 Å². The average Bonchev–Trinajstić information content (AvgIpc) is 3.23. The Bertz CT molecular complexity index is 1130. The molecule has 1 aromatic carbocycles. The molecule has 3 aromatic rings. The Labute approximate surface area is 176 Å². The minimum absolute atomic E-state index is 0.0161. The molecule has 4 rings (SSSR count). The van der Waals surface area contributed by atoms with Crippen LogP contribution >= 0.6 is 11.6 Å². The number of likely N-dealkylation sites (tertiary alicyclic amines) is 1. The van der Waals surface area contributed by atoms with Gasteiger partial charge in [0.15, 0.2) is 0 Å². The molecule has 1 fully saturated rings. The second kappa shape index (κ2) is 7.91. The number of carbonyl (C=O) groups excluding carboxylic acids is 2. The molecule has 8 nitrogen and oxygen atoms in total. The van der Waals surface area contributed by atoms with Crippen LogP contribution in [0, 0.1) is 11.7 Å². The van der Waals surface area contributed by atoms with Crippen molar-refractivity contribution in [3.05, 3.63) is 47.0 Å². The maximum Gasteiger partial charge on any atom is 0.314 e. The predicted octanol–water partition coefficient (Wildman–Crippen LogP) is 3.27. The lowest BCUT2D eigenvalue weighted by atomic mass is 9.89. The number of nitrogen functional groups attached to an aromatic ring is 1. The second-order valence-electron chi connectivity index (χ2n) is 7.50. The summed E-state index contributed by atoms with van der Waals surface area (Å²) in [6.45, 7) is 2.43. The lowest BCUT2D eigenvalue weighted by Crippen LogP contribution is -2.46. The van der Waals surface area contributed by atoms with Gasteiger partial charge in [0.2, 0.25) is 0 Å². The number of carbonyl (C=O) groups is 2. The number of H-pyrrole nitrogens is 1. The Morgan fingerprint density at radius 3 is 2.90 bits per heavy atom. The van der Waals surface area contributed by atoms with Gasteiger partial charge in [0, 0.05) is 6.54 Å². The maximum atomic E-state index is 13.6. The largest absolute Gasteiger partial charge is 0.383 e. The van der Waals surface area contributed by atoms with Crippen molar-refractivity contribution in [2.24, 2.45) is 5.92 Å². The number of piperidine rings is 1. The van der Waals surface area contributed by atoms with Crippen LogP contribution < -0.4 is 11.1 Å². The van der Waals surface area contributed by atoms with Crippen LogP contribution in [0.15, 0.2) is 30.6 Å². The minimum atomic E-state index is -0.801. The first kappa shape index (κ1) is 20.1. The highest BCUT2D eigenvalue weighted by Crippen LogP contribution is 2.35. The topological polar surface area (TPSA) is 117 Å². The van der Waals surface area contributed by atoms with Crippen molar-refractivity contribution in [2.45, 2.75) is 25.8 Å². The number of halogens is 2. The third-order valence-electron chi connectivity index (χ3n) is 5.37. The molecule has 1 aliphatic rings. The number of rotatable bonds is 2. The molecule has 156 valence electrons. The van der Waals surface area contributed by atoms with Gasteiger partial charge in [0.1, 0.15) is 11.6 Å². The summed E-state index contributed by atoms with van der Waals surface area (Å²) >= 11 is 5.93.